The van der Waals surface area contributed by atoms with Gasteiger partial charge in [-0.1, -0.05) is 56.7 Å². The number of benzene rings is 1. The van der Waals surface area contributed by atoms with Gasteiger partial charge in [0, 0.05) is 0 Å². The van der Waals surface area contributed by atoms with Crippen molar-refractivity contribution in [3.63, 3.8) is 0 Å². The highest BCUT2D eigenvalue weighted by Crippen LogP contribution is 2.27. The van der Waals surface area contributed by atoms with Crippen LogP contribution in [-0.2, 0) is 13.0 Å². The maximum Gasteiger partial charge on any atom is 0.0681 e. The first-order chi connectivity index (χ1) is 8.29. The summed E-state index contributed by atoms with van der Waals surface area (Å²) in [5, 5.41) is 9.11. The molecule has 0 spiro atoms. The number of hydrogen-bond donors (Lipinski definition) is 1. The van der Waals surface area contributed by atoms with Crippen molar-refractivity contribution in [2.45, 2.75) is 58.5 Å². The van der Waals surface area contributed by atoms with Crippen LogP contribution in [0.3, 0.4) is 0 Å². The molecule has 1 aliphatic rings. The van der Waals surface area contributed by atoms with Gasteiger partial charge in [-0.25, -0.2) is 0 Å². The maximum absolute atomic E-state index is 9.11. The van der Waals surface area contributed by atoms with Crippen molar-refractivity contribution in [2.24, 2.45) is 5.92 Å². The molecule has 1 saturated carbocycles. The molecule has 1 fully saturated rings. The van der Waals surface area contributed by atoms with Crippen molar-refractivity contribution >= 4 is 0 Å². The van der Waals surface area contributed by atoms with Crippen LogP contribution in [0.15, 0.2) is 18.2 Å². The van der Waals surface area contributed by atoms with Gasteiger partial charge < -0.3 is 5.11 Å². The number of hydrogen-bond acceptors (Lipinski definition) is 1. The van der Waals surface area contributed by atoms with Gasteiger partial charge in [0.05, 0.1) is 6.61 Å². The normalized spacial score (nSPS) is 18.0. The molecule has 0 aromatic heterocycles. The second-order valence-corrected chi connectivity index (χ2v) is 5.48. The molecule has 1 nitrogen and oxygen atoms in total. The van der Waals surface area contributed by atoms with Crippen LogP contribution < -0.4 is 0 Å². The van der Waals surface area contributed by atoms with E-state index < -0.39 is 0 Å². The summed E-state index contributed by atoms with van der Waals surface area (Å²) in [6, 6.07) is 6.41. The van der Waals surface area contributed by atoms with Crippen LogP contribution in [0.1, 0.15) is 55.2 Å². The Morgan fingerprint density at radius 2 is 1.82 bits per heavy atom. The van der Waals surface area contributed by atoms with E-state index in [2.05, 4.69) is 25.1 Å². The van der Waals surface area contributed by atoms with E-state index in [9.17, 15) is 0 Å². The van der Waals surface area contributed by atoms with E-state index in [0.717, 1.165) is 11.5 Å². The summed E-state index contributed by atoms with van der Waals surface area (Å²) >= 11 is 0. The lowest BCUT2D eigenvalue weighted by Crippen LogP contribution is -2.05. The first-order valence-electron chi connectivity index (χ1n) is 6.99. The fourth-order valence-electron chi connectivity index (χ4n) is 2.96. The molecule has 0 aliphatic heterocycles. The van der Waals surface area contributed by atoms with Gasteiger partial charge in [-0.15, -0.1) is 0 Å². The summed E-state index contributed by atoms with van der Waals surface area (Å²) in [4.78, 5) is 0. The first kappa shape index (κ1) is 12.6. The number of aliphatic hydroxyl groups is 1. The molecular weight excluding hydrogens is 208 g/mol. The standard InChI is InChI=1S/C16H24O/c1-13-10-15(12-17)8-9-16(13)11-14-6-4-2-3-5-7-14/h8-10,14,17H,2-7,11-12H2,1H3. The lowest BCUT2D eigenvalue weighted by molar-refractivity contribution is 0.281. The molecule has 0 atom stereocenters. The molecular formula is C16H24O. The summed E-state index contributed by atoms with van der Waals surface area (Å²) in [5.74, 6) is 0.885. The van der Waals surface area contributed by atoms with E-state index in [0.29, 0.717) is 0 Å². The van der Waals surface area contributed by atoms with Gasteiger partial charge >= 0.3 is 0 Å². The highest BCUT2D eigenvalue weighted by Gasteiger charge is 2.13. The Kier molecular flexibility index (Phi) is 4.61. The SMILES string of the molecule is Cc1cc(CO)ccc1CC1CCCCCC1. The molecule has 1 heteroatoms. The molecule has 0 radical (unpaired) electrons. The maximum atomic E-state index is 9.11. The van der Waals surface area contributed by atoms with Crippen molar-refractivity contribution in [3.8, 4) is 0 Å². The van der Waals surface area contributed by atoms with Gasteiger partial charge in [-0.05, 0) is 36.0 Å². The topological polar surface area (TPSA) is 20.2 Å². The third-order valence-electron chi connectivity index (χ3n) is 4.07. The highest BCUT2D eigenvalue weighted by molar-refractivity contribution is 5.31. The smallest absolute Gasteiger partial charge is 0.0681 e. The first-order valence-corrected chi connectivity index (χ1v) is 6.99. The molecule has 0 heterocycles. The Bertz CT molecular complexity index is 349. The number of aryl methyl sites for hydroxylation is 1. The van der Waals surface area contributed by atoms with Crippen molar-refractivity contribution < 1.29 is 5.11 Å². The zero-order valence-corrected chi connectivity index (χ0v) is 10.9. The minimum Gasteiger partial charge on any atom is -0.392 e. The quantitative estimate of drug-likeness (QED) is 0.781. The Hall–Kier alpha value is -0.820. The summed E-state index contributed by atoms with van der Waals surface area (Å²) in [5.41, 5.74) is 3.86. The van der Waals surface area contributed by atoms with Gasteiger partial charge in [0.2, 0.25) is 0 Å². The number of aliphatic hydroxyl groups excluding tert-OH is 1. The van der Waals surface area contributed by atoms with E-state index in [1.807, 2.05) is 0 Å². The summed E-state index contributed by atoms with van der Waals surface area (Å²) in [6.45, 7) is 2.33. The second-order valence-electron chi connectivity index (χ2n) is 5.48. The molecule has 0 amide bonds. The van der Waals surface area contributed by atoms with E-state index in [-0.39, 0.29) is 6.61 Å². The van der Waals surface area contributed by atoms with E-state index >= 15 is 0 Å². The zero-order chi connectivity index (χ0) is 12.1. The fourth-order valence-corrected chi connectivity index (χ4v) is 2.96. The molecule has 0 unspecified atom stereocenters. The Balaban J connectivity index is 2.01. The predicted octanol–water partition coefficient (Wildman–Crippen LogP) is 4.00. The second kappa shape index (κ2) is 6.20. The highest BCUT2D eigenvalue weighted by atomic mass is 16.3. The monoisotopic (exact) mass is 232 g/mol. The van der Waals surface area contributed by atoms with Crippen molar-refractivity contribution in [2.75, 3.05) is 0 Å². The fraction of sp³-hybridized carbons (Fsp3) is 0.625. The van der Waals surface area contributed by atoms with Gasteiger partial charge in [-0.3, -0.25) is 0 Å². The van der Waals surface area contributed by atoms with Gasteiger partial charge in [-0.2, -0.15) is 0 Å². The van der Waals surface area contributed by atoms with Gasteiger partial charge in [0.15, 0.2) is 0 Å². The van der Waals surface area contributed by atoms with E-state index in [1.165, 1.54) is 56.1 Å². The third kappa shape index (κ3) is 3.57. The molecule has 1 aromatic rings. The molecule has 2 rings (SSSR count). The largest absolute Gasteiger partial charge is 0.392 e. The van der Waals surface area contributed by atoms with Crippen molar-refractivity contribution in [3.05, 3.63) is 34.9 Å². The Labute approximate surface area is 105 Å². The minimum atomic E-state index is 0.157. The van der Waals surface area contributed by atoms with Crippen LogP contribution in [-0.4, -0.2) is 5.11 Å². The number of rotatable bonds is 3. The third-order valence-corrected chi connectivity index (χ3v) is 4.07. The average Bonchev–Trinajstić information content (AvgIpc) is 2.60. The molecule has 0 saturated heterocycles. The summed E-state index contributed by atoms with van der Waals surface area (Å²) < 4.78 is 0. The summed E-state index contributed by atoms with van der Waals surface area (Å²) in [7, 11) is 0. The predicted molar refractivity (Wildman–Crippen MR) is 72.0 cm³/mol. The van der Waals surface area contributed by atoms with Crippen molar-refractivity contribution in [1.82, 2.24) is 0 Å². The van der Waals surface area contributed by atoms with Crippen LogP contribution in [0.25, 0.3) is 0 Å². The Morgan fingerprint density at radius 1 is 1.12 bits per heavy atom. The van der Waals surface area contributed by atoms with Crippen LogP contribution >= 0.6 is 0 Å². The van der Waals surface area contributed by atoms with Gasteiger partial charge in [0.1, 0.15) is 0 Å². The van der Waals surface area contributed by atoms with Gasteiger partial charge in [0.25, 0.3) is 0 Å². The molecule has 1 aromatic carbocycles. The molecule has 1 N–H and O–H groups in total. The van der Waals surface area contributed by atoms with Crippen LogP contribution in [0.2, 0.25) is 0 Å². The van der Waals surface area contributed by atoms with Crippen LogP contribution in [0.4, 0.5) is 0 Å². The lowest BCUT2D eigenvalue weighted by Gasteiger charge is -2.16. The molecule has 1 aliphatic carbocycles. The van der Waals surface area contributed by atoms with Crippen molar-refractivity contribution in [1.29, 1.82) is 0 Å². The molecule has 0 bridgehead atoms. The average molecular weight is 232 g/mol. The Morgan fingerprint density at radius 3 is 2.41 bits per heavy atom. The molecule has 17 heavy (non-hydrogen) atoms. The van der Waals surface area contributed by atoms with E-state index in [1.54, 1.807) is 0 Å². The lowest BCUT2D eigenvalue weighted by atomic mass is 9.90. The summed E-state index contributed by atoms with van der Waals surface area (Å²) in [6.07, 6.45) is 9.73. The van der Waals surface area contributed by atoms with E-state index in [4.69, 9.17) is 5.11 Å². The minimum absolute atomic E-state index is 0.157. The molecule has 94 valence electrons. The zero-order valence-electron chi connectivity index (χ0n) is 10.9. The van der Waals surface area contributed by atoms with Crippen LogP contribution in [0.5, 0.6) is 0 Å². The van der Waals surface area contributed by atoms with Crippen LogP contribution in [0, 0.1) is 12.8 Å².